The molecular formula is C29H28FN5O5S. The molecule has 41 heavy (non-hydrogen) atoms. The number of amides is 3. The molecule has 12 heteroatoms. The number of rotatable bonds is 5. The lowest BCUT2D eigenvalue weighted by atomic mass is 9.96. The van der Waals surface area contributed by atoms with E-state index in [0.717, 1.165) is 10.9 Å². The topological polar surface area (TPSA) is 125 Å². The van der Waals surface area contributed by atoms with E-state index in [1.807, 2.05) is 26.8 Å². The standard InChI is InChI=1S/C29H28FN5O5S/c1-29(2,3)21-16-32-27(41-21)33-28(39)40-20-10-9-19(30)22-18(15-31-23(20)22)24(36)26(38)35-13-11-34(12-14-35)25(37)17-7-5-4-6-8-17/h4-10,15-16,31H,11-14H2,1-3H3,(H,32,33,39). The largest absolute Gasteiger partial charge is 0.418 e. The number of Topliss-reactive ketones (excluding diaryl/α,β-unsaturated/α-hetero) is 1. The molecule has 1 aliphatic heterocycles. The maximum Gasteiger partial charge on any atom is 0.418 e. The lowest BCUT2D eigenvalue weighted by Gasteiger charge is -2.34. The summed E-state index contributed by atoms with van der Waals surface area (Å²) in [5.41, 5.74) is 0.295. The summed E-state index contributed by atoms with van der Waals surface area (Å²) in [4.78, 5) is 62.4. The number of hydrogen-bond donors (Lipinski definition) is 2. The maximum absolute atomic E-state index is 14.9. The van der Waals surface area contributed by atoms with Gasteiger partial charge in [0.25, 0.3) is 17.6 Å². The highest BCUT2D eigenvalue weighted by molar-refractivity contribution is 7.15. The molecule has 10 nitrogen and oxygen atoms in total. The Labute approximate surface area is 239 Å². The van der Waals surface area contributed by atoms with Crippen molar-refractivity contribution in [3.05, 3.63) is 76.7 Å². The van der Waals surface area contributed by atoms with Crippen molar-refractivity contribution in [1.29, 1.82) is 0 Å². The van der Waals surface area contributed by atoms with Crippen molar-refractivity contribution >= 4 is 51.1 Å². The predicted octanol–water partition coefficient (Wildman–Crippen LogP) is 4.84. The van der Waals surface area contributed by atoms with Crippen molar-refractivity contribution in [1.82, 2.24) is 19.8 Å². The molecule has 2 aromatic heterocycles. The number of nitrogens with zero attached hydrogens (tertiary/aromatic N) is 3. The number of anilines is 1. The van der Waals surface area contributed by atoms with Crippen molar-refractivity contribution in [3.8, 4) is 5.75 Å². The van der Waals surface area contributed by atoms with Crippen LogP contribution in [-0.4, -0.2) is 69.6 Å². The minimum absolute atomic E-state index is 0.0222. The summed E-state index contributed by atoms with van der Waals surface area (Å²) in [5, 5.41) is 2.75. The molecule has 5 rings (SSSR count). The molecule has 0 saturated carbocycles. The molecule has 1 saturated heterocycles. The van der Waals surface area contributed by atoms with Crippen LogP contribution in [0.3, 0.4) is 0 Å². The van der Waals surface area contributed by atoms with Gasteiger partial charge in [-0.05, 0) is 29.7 Å². The van der Waals surface area contributed by atoms with E-state index in [0.29, 0.717) is 10.7 Å². The fourth-order valence-corrected chi connectivity index (χ4v) is 5.33. The minimum atomic E-state index is -0.905. The molecular weight excluding hydrogens is 549 g/mol. The number of benzene rings is 2. The molecule has 0 atom stereocenters. The van der Waals surface area contributed by atoms with E-state index in [2.05, 4.69) is 15.3 Å². The molecule has 1 fully saturated rings. The van der Waals surface area contributed by atoms with Gasteiger partial charge in [0, 0.05) is 49.0 Å². The van der Waals surface area contributed by atoms with Crippen LogP contribution < -0.4 is 10.1 Å². The zero-order valence-corrected chi connectivity index (χ0v) is 23.5. The Hall–Kier alpha value is -4.58. The quantitative estimate of drug-likeness (QED) is 0.258. The van der Waals surface area contributed by atoms with Crippen molar-refractivity contribution in [3.63, 3.8) is 0 Å². The summed E-state index contributed by atoms with van der Waals surface area (Å²) in [5.74, 6) is -2.63. The third-order valence-corrected chi connectivity index (χ3v) is 8.06. The van der Waals surface area contributed by atoms with Crippen LogP contribution in [0, 0.1) is 5.82 Å². The average Bonchev–Trinajstić information content (AvgIpc) is 3.62. The van der Waals surface area contributed by atoms with E-state index in [1.54, 1.807) is 35.4 Å². The number of piperazine rings is 1. The van der Waals surface area contributed by atoms with Gasteiger partial charge in [-0.2, -0.15) is 0 Å². The number of fused-ring (bicyclic) bond motifs is 1. The highest BCUT2D eigenvalue weighted by Gasteiger charge is 2.31. The van der Waals surface area contributed by atoms with Crippen LogP contribution in [-0.2, 0) is 10.2 Å². The van der Waals surface area contributed by atoms with Crippen molar-refractivity contribution in [2.24, 2.45) is 0 Å². The van der Waals surface area contributed by atoms with Crippen LogP contribution in [0.1, 0.15) is 46.4 Å². The van der Waals surface area contributed by atoms with Gasteiger partial charge >= 0.3 is 6.09 Å². The van der Waals surface area contributed by atoms with Gasteiger partial charge in [0.15, 0.2) is 10.9 Å². The maximum atomic E-state index is 14.9. The van der Waals surface area contributed by atoms with Gasteiger partial charge in [0.05, 0.1) is 16.5 Å². The van der Waals surface area contributed by atoms with Gasteiger partial charge in [-0.15, -0.1) is 11.3 Å². The number of aromatic nitrogens is 2. The first kappa shape index (κ1) is 28.0. The van der Waals surface area contributed by atoms with Crippen LogP contribution >= 0.6 is 11.3 Å². The lowest BCUT2D eigenvalue weighted by molar-refractivity contribution is -0.127. The number of thiazole rings is 1. The Balaban J connectivity index is 1.27. The molecule has 2 aromatic carbocycles. The molecule has 0 spiro atoms. The van der Waals surface area contributed by atoms with Crippen LogP contribution in [0.15, 0.2) is 54.9 Å². The molecule has 3 amide bonds. The smallest absolute Gasteiger partial charge is 0.408 e. The SMILES string of the molecule is CC(C)(C)c1cnc(NC(=O)Oc2ccc(F)c3c(C(=O)C(=O)N4CCN(C(=O)c5ccccc5)CC4)c[nH]c23)s1. The zero-order chi connectivity index (χ0) is 29.3. The summed E-state index contributed by atoms with van der Waals surface area (Å²) in [6.45, 7) is 6.93. The predicted molar refractivity (Wildman–Crippen MR) is 152 cm³/mol. The third kappa shape index (κ3) is 5.82. The number of carbonyl (C=O) groups excluding carboxylic acids is 4. The minimum Gasteiger partial charge on any atom is -0.408 e. The zero-order valence-electron chi connectivity index (χ0n) is 22.7. The molecule has 3 heterocycles. The summed E-state index contributed by atoms with van der Waals surface area (Å²) >= 11 is 1.31. The first-order chi connectivity index (χ1) is 19.5. The number of aromatic amines is 1. The number of carbonyl (C=O) groups is 4. The molecule has 2 N–H and O–H groups in total. The second-order valence-corrected chi connectivity index (χ2v) is 11.6. The Kier molecular flexibility index (Phi) is 7.59. The molecule has 1 aliphatic rings. The third-order valence-electron chi connectivity index (χ3n) is 6.72. The van der Waals surface area contributed by atoms with Crippen molar-refractivity contribution < 1.29 is 28.3 Å². The van der Waals surface area contributed by atoms with Crippen molar-refractivity contribution in [2.45, 2.75) is 26.2 Å². The Morgan fingerprint density at radius 1 is 1.00 bits per heavy atom. The van der Waals surface area contributed by atoms with Gasteiger partial charge in [-0.1, -0.05) is 39.0 Å². The van der Waals surface area contributed by atoms with E-state index in [9.17, 15) is 23.6 Å². The first-order valence-corrected chi connectivity index (χ1v) is 13.8. The van der Waals surface area contributed by atoms with E-state index >= 15 is 0 Å². The molecule has 212 valence electrons. The van der Waals surface area contributed by atoms with E-state index in [-0.39, 0.29) is 59.7 Å². The van der Waals surface area contributed by atoms with Gasteiger partial charge in [0.2, 0.25) is 0 Å². The van der Waals surface area contributed by atoms with Crippen LogP contribution in [0.2, 0.25) is 0 Å². The number of ketones is 1. The molecule has 0 bridgehead atoms. The highest BCUT2D eigenvalue weighted by atomic mass is 32.1. The lowest BCUT2D eigenvalue weighted by Crippen LogP contribution is -2.52. The first-order valence-electron chi connectivity index (χ1n) is 13.0. The van der Waals surface area contributed by atoms with E-state index in [1.165, 1.54) is 28.5 Å². The number of ether oxygens (including phenoxy) is 1. The van der Waals surface area contributed by atoms with Crippen LogP contribution in [0.25, 0.3) is 10.9 Å². The Morgan fingerprint density at radius 3 is 2.34 bits per heavy atom. The molecule has 0 aliphatic carbocycles. The number of H-pyrrole nitrogens is 1. The van der Waals surface area contributed by atoms with E-state index in [4.69, 9.17) is 4.74 Å². The number of halogens is 1. The number of hydrogen-bond acceptors (Lipinski definition) is 7. The van der Waals surface area contributed by atoms with Gasteiger partial charge in [-0.3, -0.25) is 19.7 Å². The summed E-state index contributed by atoms with van der Waals surface area (Å²) < 4.78 is 20.3. The summed E-state index contributed by atoms with van der Waals surface area (Å²) in [7, 11) is 0. The molecule has 4 aromatic rings. The fraction of sp³-hybridized carbons (Fsp3) is 0.276. The van der Waals surface area contributed by atoms with Crippen molar-refractivity contribution in [2.75, 3.05) is 31.5 Å². The monoisotopic (exact) mass is 577 g/mol. The average molecular weight is 578 g/mol. The van der Waals surface area contributed by atoms with Gasteiger partial charge < -0.3 is 19.5 Å². The fourth-order valence-electron chi connectivity index (χ4n) is 4.47. The summed E-state index contributed by atoms with van der Waals surface area (Å²) in [6, 6.07) is 11.1. The molecule has 0 radical (unpaired) electrons. The highest BCUT2D eigenvalue weighted by Crippen LogP contribution is 2.32. The second-order valence-electron chi connectivity index (χ2n) is 10.6. The van der Waals surface area contributed by atoms with E-state index < -0.39 is 23.6 Å². The van der Waals surface area contributed by atoms with Crippen LogP contribution in [0.4, 0.5) is 14.3 Å². The Bertz CT molecular complexity index is 1630. The second kappa shape index (κ2) is 11.1. The molecule has 0 unspecified atom stereocenters. The summed E-state index contributed by atoms with van der Waals surface area (Å²) in [6.07, 6.45) is 2.07. The van der Waals surface area contributed by atoms with Gasteiger partial charge in [-0.25, -0.2) is 14.2 Å². The Morgan fingerprint density at radius 2 is 1.68 bits per heavy atom. The number of nitrogens with one attached hydrogen (secondary N) is 2. The van der Waals surface area contributed by atoms with Gasteiger partial charge in [0.1, 0.15) is 5.82 Å². The van der Waals surface area contributed by atoms with Crippen LogP contribution in [0.5, 0.6) is 5.75 Å². The normalized spacial score (nSPS) is 13.8.